The number of imide groups is 1. The molecule has 10 nitrogen and oxygen atoms in total. The van der Waals surface area contributed by atoms with Gasteiger partial charge in [0.15, 0.2) is 0 Å². The van der Waals surface area contributed by atoms with Crippen LogP contribution in [0, 0.1) is 0 Å². The molecule has 0 unspecified atom stereocenters. The fraction of sp³-hybridized carbons (Fsp3) is 0.500. The van der Waals surface area contributed by atoms with Gasteiger partial charge in [0.25, 0.3) is 5.91 Å². The number of fused-ring (bicyclic) bond motifs is 4. The number of hydrogen-bond acceptors (Lipinski definition) is 6. The van der Waals surface area contributed by atoms with Crippen LogP contribution in [0.5, 0.6) is 0 Å². The monoisotopic (exact) mass is 414 g/mol. The predicted molar refractivity (Wildman–Crippen MR) is 103 cm³/mol. The number of anilines is 1. The molecule has 3 atom stereocenters. The predicted octanol–water partition coefficient (Wildman–Crippen LogP) is 0.558. The van der Waals surface area contributed by atoms with Gasteiger partial charge < -0.3 is 25.0 Å². The van der Waals surface area contributed by atoms with Gasteiger partial charge in [0, 0.05) is 31.3 Å². The van der Waals surface area contributed by atoms with Gasteiger partial charge in [-0.25, -0.2) is 14.5 Å². The number of urea groups is 1. The Balaban J connectivity index is 1.35. The Kier molecular flexibility index (Phi) is 4.21. The van der Waals surface area contributed by atoms with Crippen molar-refractivity contribution in [3.05, 3.63) is 29.3 Å². The number of hydrogen-bond donors (Lipinski definition) is 2. The molecule has 3 saturated heterocycles. The van der Waals surface area contributed by atoms with E-state index in [9.17, 15) is 19.2 Å². The molecule has 1 aliphatic carbocycles. The van der Waals surface area contributed by atoms with Crippen LogP contribution in [0.1, 0.15) is 24.0 Å². The summed E-state index contributed by atoms with van der Waals surface area (Å²) in [5, 5.41) is 5.16. The van der Waals surface area contributed by atoms with E-state index in [-0.39, 0.29) is 30.6 Å². The fourth-order valence-corrected chi connectivity index (χ4v) is 4.86. The summed E-state index contributed by atoms with van der Waals surface area (Å²) in [4.78, 5) is 52.6. The van der Waals surface area contributed by atoms with E-state index in [1.165, 1.54) is 7.05 Å². The molecule has 2 N–H and O–H groups in total. The fourth-order valence-electron chi connectivity index (χ4n) is 4.86. The lowest BCUT2D eigenvalue weighted by Crippen LogP contribution is -2.48. The molecule has 0 saturated carbocycles. The molecule has 0 radical (unpaired) electrons. The maximum Gasteiger partial charge on any atom is 0.418 e. The van der Waals surface area contributed by atoms with Crippen LogP contribution in [-0.2, 0) is 31.1 Å². The lowest BCUT2D eigenvalue weighted by Gasteiger charge is -2.28. The number of carbonyl (C=O) groups excluding carboxylic acids is 4. The van der Waals surface area contributed by atoms with Gasteiger partial charge in [-0.15, -0.1) is 0 Å². The van der Waals surface area contributed by atoms with Gasteiger partial charge in [-0.05, 0) is 30.5 Å². The highest BCUT2D eigenvalue weighted by Gasteiger charge is 2.58. The highest BCUT2D eigenvalue weighted by Crippen LogP contribution is 2.46. The van der Waals surface area contributed by atoms with Gasteiger partial charge in [0.1, 0.15) is 6.54 Å². The Morgan fingerprint density at radius 1 is 1.30 bits per heavy atom. The highest BCUT2D eigenvalue weighted by atomic mass is 16.6. The molecule has 10 heteroatoms. The lowest BCUT2D eigenvalue weighted by molar-refractivity contribution is -0.143. The van der Waals surface area contributed by atoms with Crippen LogP contribution in [0.15, 0.2) is 18.2 Å². The number of nitrogens with zero attached hydrogens (tertiary/aromatic N) is 2. The van der Waals surface area contributed by atoms with Crippen LogP contribution < -0.4 is 10.6 Å². The molecule has 5 amide bonds. The second kappa shape index (κ2) is 6.69. The van der Waals surface area contributed by atoms with Crippen LogP contribution in [0.25, 0.3) is 0 Å². The number of nitrogens with one attached hydrogen (secondary N) is 2. The van der Waals surface area contributed by atoms with Crippen molar-refractivity contribution in [1.29, 1.82) is 0 Å². The van der Waals surface area contributed by atoms with E-state index in [0.29, 0.717) is 37.2 Å². The van der Waals surface area contributed by atoms with Crippen molar-refractivity contribution >= 4 is 29.6 Å². The minimum absolute atomic E-state index is 0.0173. The molecular weight excluding hydrogens is 392 g/mol. The Labute approximate surface area is 172 Å². The summed E-state index contributed by atoms with van der Waals surface area (Å²) < 4.78 is 11.1. The number of rotatable bonds is 3. The van der Waals surface area contributed by atoms with E-state index in [1.807, 2.05) is 0 Å². The van der Waals surface area contributed by atoms with Crippen LogP contribution in [0.3, 0.4) is 0 Å². The van der Waals surface area contributed by atoms with E-state index >= 15 is 0 Å². The van der Waals surface area contributed by atoms with E-state index in [1.54, 1.807) is 23.1 Å². The Morgan fingerprint density at radius 3 is 2.83 bits per heavy atom. The highest BCUT2D eigenvalue weighted by molar-refractivity contribution is 6.06. The van der Waals surface area contributed by atoms with Crippen molar-refractivity contribution < 1.29 is 28.7 Å². The first kappa shape index (κ1) is 18.9. The smallest absolute Gasteiger partial charge is 0.418 e. The Hall–Kier alpha value is -3.14. The van der Waals surface area contributed by atoms with E-state index < -0.39 is 17.6 Å². The van der Waals surface area contributed by atoms with Gasteiger partial charge in [0.2, 0.25) is 11.5 Å². The lowest BCUT2D eigenvalue weighted by atomic mass is 9.94. The van der Waals surface area contributed by atoms with Crippen molar-refractivity contribution in [1.82, 2.24) is 15.1 Å². The number of amides is 5. The number of ether oxygens (including phenoxy) is 2. The SMILES string of the molecule is CNC(=O)Nc1ccc2c(c1)CC[C@@]21OC(=O)N(CC(=O)N2C[C@@H]3C[C@@H]2CO3)C1=O. The third-order valence-corrected chi connectivity index (χ3v) is 6.36. The third kappa shape index (κ3) is 2.74. The number of morpholine rings is 1. The maximum atomic E-state index is 13.2. The molecule has 158 valence electrons. The zero-order valence-corrected chi connectivity index (χ0v) is 16.5. The normalized spacial score (nSPS) is 28.8. The van der Waals surface area contributed by atoms with Crippen LogP contribution in [0.4, 0.5) is 15.3 Å². The van der Waals surface area contributed by atoms with Gasteiger partial charge in [-0.3, -0.25) is 9.59 Å². The van der Waals surface area contributed by atoms with Crippen molar-refractivity contribution in [3.8, 4) is 0 Å². The summed E-state index contributed by atoms with van der Waals surface area (Å²) in [5.41, 5.74) is 0.616. The summed E-state index contributed by atoms with van der Waals surface area (Å²) in [6.07, 6.45) is 0.879. The average Bonchev–Trinajstić information content (AvgIpc) is 3.49. The number of benzene rings is 1. The molecule has 5 rings (SSSR count). The molecule has 4 aliphatic rings. The second-order valence-electron chi connectivity index (χ2n) is 8.05. The number of carbonyl (C=O) groups is 4. The second-order valence-corrected chi connectivity index (χ2v) is 8.05. The van der Waals surface area contributed by atoms with Gasteiger partial charge in [-0.1, -0.05) is 6.07 Å². The quantitative estimate of drug-likeness (QED) is 0.746. The third-order valence-electron chi connectivity index (χ3n) is 6.36. The first-order chi connectivity index (χ1) is 14.4. The summed E-state index contributed by atoms with van der Waals surface area (Å²) in [7, 11) is 1.52. The molecule has 2 bridgehead atoms. The largest absolute Gasteiger partial charge is 0.427 e. The molecule has 1 aromatic rings. The van der Waals surface area contributed by atoms with Crippen LogP contribution >= 0.6 is 0 Å². The molecule has 1 aromatic carbocycles. The van der Waals surface area contributed by atoms with Crippen molar-refractivity contribution in [2.45, 2.75) is 37.0 Å². The van der Waals surface area contributed by atoms with Crippen molar-refractivity contribution in [2.24, 2.45) is 0 Å². The Morgan fingerprint density at radius 2 is 2.13 bits per heavy atom. The molecule has 3 heterocycles. The maximum absolute atomic E-state index is 13.2. The Bertz CT molecular complexity index is 965. The first-order valence-corrected chi connectivity index (χ1v) is 9.99. The molecule has 30 heavy (non-hydrogen) atoms. The average molecular weight is 414 g/mol. The van der Waals surface area contributed by atoms with E-state index in [2.05, 4.69) is 10.6 Å². The summed E-state index contributed by atoms with van der Waals surface area (Å²) >= 11 is 0. The molecule has 0 aromatic heterocycles. The summed E-state index contributed by atoms with van der Waals surface area (Å²) in [6.45, 7) is 0.669. The molecule has 3 fully saturated rings. The van der Waals surface area contributed by atoms with Crippen LogP contribution in [0.2, 0.25) is 0 Å². The number of aryl methyl sites for hydroxylation is 1. The minimum Gasteiger partial charge on any atom is -0.427 e. The molecular formula is C20H22N4O6. The zero-order chi connectivity index (χ0) is 21.0. The van der Waals surface area contributed by atoms with E-state index in [4.69, 9.17) is 9.47 Å². The van der Waals surface area contributed by atoms with Gasteiger partial charge in [0.05, 0.1) is 18.8 Å². The summed E-state index contributed by atoms with van der Waals surface area (Å²) in [6, 6.07) is 4.80. The number of likely N-dealkylation sites (tertiary alicyclic amines) is 1. The van der Waals surface area contributed by atoms with Crippen molar-refractivity contribution in [2.75, 3.05) is 32.1 Å². The topological polar surface area (TPSA) is 117 Å². The standard InChI is InChI=1S/C20H22N4O6/c1-21-18(27)22-12-2-3-15-11(6-12)4-5-20(15)17(26)24(19(28)30-20)9-16(25)23-8-14-7-13(23)10-29-14/h2-3,6,13-14H,4-5,7-10H2,1H3,(H2,21,22,27)/t13-,14+,20-/m1/s1. The molecule has 1 spiro atoms. The van der Waals surface area contributed by atoms with Crippen molar-refractivity contribution in [3.63, 3.8) is 0 Å². The van der Waals surface area contributed by atoms with Gasteiger partial charge >= 0.3 is 12.1 Å². The minimum atomic E-state index is -1.40. The zero-order valence-electron chi connectivity index (χ0n) is 16.5. The summed E-state index contributed by atoms with van der Waals surface area (Å²) in [5.74, 6) is -0.774. The van der Waals surface area contributed by atoms with Gasteiger partial charge in [-0.2, -0.15) is 0 Å². The van der Waals surface area contributed by atoms with Crippen LogP contribution in [-0.4, -0.2) is 72.6 Å². The van der Waals surface area contributed by atoms with E-state index in [0.717, 1.165) is 16.9 Å². The first-order valence-electron chi connectivity index (χ1n) is 9.99. The molecule has 3 aliphatic heterocycles.